The van der Waals surface area contributed by atoms with Gasteiger partial charge in [0.2, 0.25) is 23.6 Å². The number of anilines is 2. The van der Waals surface area contributed by atoms with Crippen LogP contribution in [0.4, 0.5) is 21.0 Å². The smallest absolute Gasteiger partial charge is 0.325 e. The first-order chi connectivity index (χ1) is 31.9. The molecule has 4 unspecified atom stereocenters. The van der Waals surface area contributed by atoms with Gasteiger partial charge in [-0.3, -0.25) is 49.0 Å². The minimum atomic E-state index is -1.16. The number of rotatable bonds is 30. The normalized spacial score (nSPS) is 12.5. The summed E-state index contributed by atoms with van der Waals surface area (Å²) in [7, 11) is 0. The van der Waals surface area contributed by atoms with Gasteiger partial charge in [0.15, 0.2) is 0 Å². The summed E-state index contributed by atoms with van der Waals surface area (Å²) < 4.78 is 0. The highest BCUT2D eigenvalue weighted by Gasteiger charge is 2.25. The maximum atomic E-state index is 13.3. The molecule has 0 bridgehead atoms. The Bertz CT molecular complexity index is 1850. The molecule has 22 heteroatoms. The average Bonchev–Trinajstić information content (AvgIpc) is 3.26. The van der Waals surface area contributed by atoms with Gasteiger partial charge in [-0.25, -0.2) is 9.59 Å². The van der Waals surface area contributed by atoms with E-state index < -0.39 is 59.9 Å². The van der Waals surface area contributed by atoms with E-state index in [1.165, 1.54) is 37.4 Å². The zero-order valence-corrected chi connectivity index (χ0v) is 40.2. The lowest BCUT2D eigenvalue weighted by molar-refractivity contribution is -0.129. The Hall–Kier alpha value is -5.84. The highest BCUT2D eigenvalue weighted by atomic mass is 32.2. The number of benzene rings is 2. The molecule has 0 aromatic heterocycles. The Balaban J connectivity index is 2.04. The van der Waals surface area contributed by atoms with Crippen LogP contribution in [0.5, 0.6) is 0 Å². The lowest BCUT2D eigenvalue weighted by Gasteiger charge is -2.19. The van der Waals surface area contributed by atoms with Gasteiger partial charge in [0.1, 0.15) is 23.7 Å². The Morgan fingerprint density at radius 2 is 0.866 bits per heavy atom. The molecule has 0 aliphatic carbocycles. The van der Waals surface area contributed by atoms with Gasteiger partial charge >= 0.3 is 12.1 Å². The van der Waals surface area contributed by atoms with Crippen LogP contribution < -0.4 is 54.0 Å². The van der Waals surface area contributed by atoms with Gasteiger partial charge in [0, 0.05) is 61.7 Å². The van der Waals surface area contributed by atoms with E-state index in [9.17, 15) is 47.9 Å². The lowest BCUT2D eigenvalue weighted by atomic mass is 10.1. The summed E-state index contributed by atoms with van der Waals surface area (Å²) in [6, 6.07) is 7.59. The van der Waals surface area contributed by atoms with Gasteiger partial charge in [-0.15, -0.1) is 0 Å². The highest BCUT2D eigenvalue weighted by molar-refractivity contribution is 7.98. The summed E-state index contributed by atoms with van der Waals surface area (Å²) in [5, 5.41) is 20.3. The molecule has 67 heavy (non-hydrogen) atoms. The first-order valence-corrected chi connectivity index (χ1v) is 24.7. The number of Topliss-reactive ketones (excluding diaryl/α,β-unsaturated/α-hetero) is 2. The number of hydrogen-bond donors (Lipinski definition) is 10. The van der Waals surface area contributed by atoms with E-state index in [2.05, 4.69) is 42.5 Å². The van der Waals surface area contributed by atoms with Gasteiger partial charge in [-0.1, -0.05) is 24.3 Å². The molecule has 2 aromatic carbocycles. The standard InChI is InChI=1S/C45H66N10O10S2/c1-28(56)24-30-14-18-32(19-15-30)50-44(64)54-42(62)36(10-5-7-22-48-40(60)34(46)26-66-3)52-38(58)12-9-13-39(59)53-37(11-6-8-23-49-41(61)35(47)27-67-4)43(63)55-45(65)51-33-20-16-31(17-21-33)25-29(2)57/h14-21,34-37H,5-13,22-27,46-47H2,1-4H3,(H,48,60)(H,49,61)(H,52,58)(H,53,59)(H2,50,54,62,64)(H2,51,55,63,65). The summed E-state index contributed by atoms with van der Waals surface area (Å²) in [4.78, 5) is 126. The lowest BCUT2D eigenvalue weighted by Crippen LogP contribution is -2.50. The monoisotopic (exact) mass is 970 g/mol. The molecule has 0 aliphatic heterocycles. The number of carbonyl (C=O) groups excluding carboxylic acids is 10. The number of carbonyl (C=O) groups is 10. The van der Waals surface area contributed by atoms with Crippen LogP contribution in [-0.4, -0.2) is 120 Å². The SMILES string of the molecule is CSCC(N)C(=O)NCCCCC(NC(=O)CCCC(=O)NC(CCCCNC(=O)C(N)CSC)C(=O)NC(=O)Nc1ccc(CC(C)=O)cc1)C(=O)NC(=O)Nc1ccc(CC(C)=O)cc1. The third-order valence-electron chi connectivity index (χ3n) is 9.72. The van der Waals surface area contributed by atoms with Crippen molar-refractivity contribution in [2.75, 3.05) is 47.7 Å². The molecule has 0 fully saturated rings. The Labute approximate surface area is 399 Å². The Morgan fingerprint density at radius 1 is 0.507 bits per heavy atom. The third kappa shape index (κ3) is 25.0. The van der Waals surface area contributed by atoms with Crippen molar-refractivity contribution in [3.8, 4) is 0 Å². The molecule has 2 rings (SSSR count). The van der Waals surface area contributed by atoms with Crippen molar-refractivity contribution < 1.29 is 47.9 Å². The summed E-state index contributed by atoms with van der Waals surface area (Å²) in [5.74, 6) is -2.58. The fraction of sp³-hybridized carbons (Fsp3) is 0.511. The molecule has 0 heterocycles. The van der Waals surface area contributed by atoms with Crippen molar-refractivity contribution >= 4 is 94.0 Å². The van der Waals surface area contributed by atoms with Crippen LogP contribution in [0.2, 0.25) is 0 Å². The van der Waals surface area contributed by atoms with Crippen LogP contribution >= 0.6 is 23.5 Å². The minimum absolute atomic E-state index is 0.00519. The Morgan fingerprint density at radius 3 is 1.19 bits per heavy atom. The topological polar surface area (TPSA) is 319 Å². The summed E-state index contributed by atoms with van der Waals surface area (Å²) in [6.45, 7) is 3.46. The van der Waals surface area contributed by atoms with Gasteiger partial charge in [0.05, 0.1) is 12.1 Å². The number of ketones is 2. The number of nitrogens with one attached hydrogen (secondary N) is 8. The zero-order chi connectivity index (χ0) is 49.7. The van der Waals surface area contributed by atoms with Gasteiger partial charge in [-0.05, 0) is 107 Å². The van der Waals surface area contributed by atoms with Crippen molar-refractivity contribution in [2.24, 2.45) is 11.5 Å². The molecule has 0 saturated carbocycles. The highest BCUT2D eigenvalue weighted by Crippen LogP contribution is 2.13. The summed E-state index contributed by atoms with van der Waals surface area (Å²) >= 11 is 2.87. The van der Waals surface area contributed by atoms with Crippen LogP contribution in [0.25, 0.3) is 0 Å². The minimum Gasteiger partial charge on any atom is -0.355 e. The van der Waals surface area contributed by atoms with Crippen molar-refractivity contribution in [3.05, 3.63) is 59.7 Å². The molecule has 10 amide bonds. The second-order valence-electron chi connectivity index (χ2n) is 15.8. The molecule has 0 saturated heterocycles. The van der Waals surface area contributed by atoms with Crippen molar-refractivity contribution in [3.63, 3.8) is 0 Å². The van der Waals surface area contributed by atoms with Crippen molar-refractivity contribution in [1.29, 1.82) is 0 Å². The quantitative estimate of drug-likeness (QED) is 0.0502. The average molecular weight is 971 g/mol. The van der Waals surface area contributed by atoms with E-state index >= 15 is 0 Å². The fourth-order valence-corrected chi connectivity index (χ4v) is 7.35. The second kappa shape index (κ2) is 32.0. The largest absolute Gasteiger partial charge is 0.355 e. The molecule has 20 nitrogen and oxygen atoms in total. The number of amides is 10. The number of imide groups is 2. The first-order valence-electron chi connectivity index (χ1n) is 21.9. The van der Waals surface area contributed by atoms with E-state index in [1.54, 1.807) is 48.5 Å². The van der Waals surface area contributed by atoms with Gasteiger partial charge in [-0.2, -0.15) is 23.5 Å². The van der Waals surface area contributed by atoms with Gasteiger partial charge in [0.25, 0.3) is 11.8 Å². The summed E-state index contributed by atoms with van der Waals surface area (Å²) in [6.07, 6.45) is 5.51. The van der Waals surface area contributed by atoms with Crippen LogP contribution in [0.1, 0.15) is 82.8 Å². The zero-order valence-electron chi connectivity index (χ0n) is 38.6. The van der Waals surface area contributed by atoms with Crippen molar-refractivity contribution in [2.45, 2.75) is 109 Å². The Kier molecular flexibility index (Phi) is 27.3. The first kappa shape index (κ1) is 57.3. The molecule has 0 aliphatic rings. The molecule has 0 spiro atoms. The number of urea groups is 2. The van der Waals surface area contributed by atoms with Gasteiger partial charge < -0.3 is 43.4 Å². The number of thioether (sulfide) groups is 2. The summed E-state index contributed by atoms with van der Waals surface area (Å²) in [5.41, 5.74) is 13.9. The third-order valence-corrected chi connectivity index (χ3v) is 11.1. The van der Waals surface area contributed by atoms with E-state index in [0.717, 1.165) is 11.1 Å². The van der Waals surface area contributed by atoms with Crippen molar-refractivity contribution in [1.82, 2.24) is 31.9 Å². The van der Waals surface area contributed by atoms with Crippen LogP contribution in [0.15, 0.2) is 48.5 Å². The maximum absolute atomic E-state index is 13.3. The van der Waals surface area contributed by atoms with E-state index in [1.807, 2.05) is 12.5 Å². The molecule has 12 N–H and O–H groups in total. The molecule has 2 aromatic rings. The molecular weight excluding hydrogens is 905 g/mol. The molecule has 4 atom stereocenters. The molecule has 368 valence electrons. The fourth-order valence-electron chi connectivity index (χ4n) is 6.33. The molecular formula is C45H66N10O10S2. The second-order valence-corrected chi connectivity index (χ2v) is 17.7. The van der Waals surface area contributed by atoms with E-state index in [4.69, 9.17) is 11.5 Å². The van der Waals surface area contributed by atoms with Crippen LogP contribution in [-0.2, 0) is 51.2 Å². The van der Waals surface area contributed by atoms with E-state index in [-0.39, 0.29) is 81.4 Å². The predicted molar refractivity (Wildman–Crippen MR) is 260 cm³/mol. The predicted octanol–water partition coefficient (Wildman–Crippen LogP) is 2.04. The maximum Gasteiger partial charge on any atom is 0.325 e. The van der Waals surface area contributed by atoms with E-state index in [0.29, 0.717) is 48.6 Å². The number of hydrogen-bond acceptors (Lipinski definition) is 14. The van der Waals surface area contributed by atoms with Crippen LogP contribution in [0.3, 0.4) is 0 Å². The number of unbranched alkanes of at least 4 members (excludes halogenated alkanes) is 2. The number of nitrogens with two attached hydrogens (primary N) is 2. The van der Waals surface area contributed by atoms with Crippen LogP contribution in [0, 0.1) is 0 Å². The molecule has 0 radical (unpaired) electrons.